The molecule has 13 heteroatoms. The summed E-state index contributed by atoms with van der Waals surface area (Å²) in [6.07, 6.45) is 0. The van der Waals surface area contributed by atoms with Crippen molar-refractivity contribution in [2.45, 2.75) is 4.84 Å². The van der Waals surface area contributed by atoms with Crippen LogP contribution in [0.1, 0.15) is 0 Å². The van der Waals surface area contributed by atoms with Gasteiger partial charge in [-0.3, -0.25) is 9.11 Å². The molecule has 22 heavy (non-hydrogen) atoms. The monoisotopic (exact) mass is 400 g/mol. The molecule has 0 atom stereocenters. The van der Waals surface area contributed by atoms with Crippen LogP contribution in [0, 0.1) is 0 Å². The molecule has 0 aliphatic carbocycles. The molecule has 0 amide bonds. The van der Waals surface area contributed by atoms with E-state index < -0.39 is 25.1 Å². The van der Waals surface area contributed by atoms with Gasteiger partial charge in [0.25, 0.3) is 0 Å². The largest absolute Gasteiger partial charge is 0.348 e. The Morgan fingerprint density at radius 3 is 1.09 bits per heavy atom. The fourth-order valence-corrected chi connectivity index (χ4v) is 3.98. The quantitative estimate of drug-likeness (QED) is 0.456. The molecule has 0 radical (unpaired) electrons. The lowest BCUT2D eigenvalue weighted by atomic mass is 10.6. The molecule has 2 saturated heterocycles. The van der Waals surface area contributed by atoms with Crippen LogP contribution in [0.5, 0.6) is 0 Å². The number of nitrogens with one attached hydrogen (secondary N) is 2. The first-order valence-electron chi connectivity index (χ1n) is 6.29. The molecule has 2 heterocycles. The first-order valence-corrected chi connectivity index (χ1v) is 11.6. The highest BCUT2D eigenvalue weighted by Gasteiger charge is 2.34. The van der Waals surface area contributed by atoms with Crippen molar-refractivity contribution in [3.8, 4) is 0 Å². The van der Waals surface area contributed by atoms with Gasteiger partial charge in [-0.1, -0.05) is 0 Å². The average Bonchev–Trinajstić information content (AvgIpc) is 2.49. The molecule has 0 aromatic rings. The van der Waals surface area contributed by atoms with Gasteiger partial charge in [-0.25, -0.2) is 4.39 Å². The van der Waals surface area contributed by atoms with E-state index in [1.54, 1.807) is 0 Å². The Kier molecular flexibility index (Phi) is 12.0. The Bertz CT molecular complexity index is 411. The van der Waals surface area contributed by atoms with E-state index in [0.29, 0.717) is 0 Å². The molecule has 0 aromatic carbocycles. The molecule has 8 nitrogen and oxygen atoms in total. The van der Waals surface area contributed by atoms with Crippen LogP contribution in [0.15, 0.2) is 0 Å². The third-order valence-corrected chi connectivity index (χ3v) is 6.53. The fourth-order valence-electron chi connectivity index (χ4n) is 1.19. The zero-order valence-corrected chi connectivity index (χ0v) is 15.0. The van der Waals surface area contributed by atoms with Crippen molar-refractivity contribution < 1.29 is 30.3 Å². The van der Waals surface area contributed by atoms with Crippen molar-refractivity contribution in [3.63, 3.8) is 0 Å². The maximum absolute atomic E-state index is 11.7. The van der Waals surface area contributed by atoms with Crippen LogP contribution in [0.25, 0.3) is 0 Å². The fraction of sp³-hybridized carbons (Fsp3) is 1.00. The lowest BCUT2D eigenvalue weighted by Gasteiger charge is -2.08. The highest BCUT2D eigenvalue weighted by atomic mass is 32.3. The van der Waals surface area contributed by atoms with Crippen molar-refractivity contribution >= 4 is 43.8 Å². The van der Waals surface area contributed by atoms with Crippen LogP contribution in [-0.4, -0.2) is 80.0 Å². The SMILES string of the molecule is C1CSCCN1.C1CSCCN1.O=S(=O)(O)C(F)S(=O)(=O)O. The third kappa shape index (κ3) is 12.9. The maximum Gasteiger partial charge on any atom is 0.348 e. The molecule has 0 bridgehead atoms. The summed E-state index contributed by atoms with van der Waals surface area (Å²) < 4.78 is 65.6. The third-order valence-electron chi connectivity index (χ3n) is 2.16. The molecule has 134 valence electrons. The van der Waals surface area contributed by atoms with Gasteiger partial charge in [0.15, 0.2) is 0 Å². The zero-order valence-electron chi connectivity index (χ0n) is 11.8. The lowest BCUT2D eigenvalue weighted by Crippen LogP contribution is -2.24. The van der Waals surface area contributed by atoms with Crippen LogP contribution in [-0.2, 0) is 20.2 Å². The van der Waals surface area contributed by atoms with E-state index in [1.807, 2.05) is 23.5 Å². The van der Waals surface area contributed by atoms with Crippen molar-refractivity contribution in [1.82, 2.24) is 10.6 Å². The number of rotatable bonds is 2. The van der Waals surface area contributed by atoms with Crippen molar-refractivity contribution in [2.24, 2.45) is 0 Å². The van der Waals surface area contributed by atoms with Gasteiger partial charge in [-0.05, 0) is 0 Å². The number of halogens is 1. The minimum absolute atomic E-state index is 1.21. The van der Waals surface area contributed by atoms with Crippen molar-refractivity contribution in [3.05, 3.63) is 0 Å². The molecular weight excluding hydrogens is 379 g/mol. The number of hydrogen-bond acceptors (Lipinski definition) is 8. The van der Waals surface area contributed by atoms with Crippen molar-refractivity contribution in [1.29, 1.82) is 0 Å². The smallest absolute Gasteiger partial charge is 0.315 e. The van der Waals surface area contributed by atoms with Gasteiger partial charge in [0.1, 0.15) is 0 Å². The Labute approximate surface area is 138 Å². The molecule has 2 rings (SSSR count). The van der Waals surface area contributed by atoms with E-state index in [1.165, 1.54) is 49.2 Å². The highest BCUT2D eigenvalue weighted by Crippen LogP contribution is 2.06. The number of alkyl halides is 1. The van der Waals surface area contributed by atoms with E-state index in [2.05, 4.69) is 10.6 Å². The molecule has 0 spiro atoms. The lowest BCUT2D eigenvalue weighted by molar-refractivity contribution is 0.391. The Morgan fingerprint density at radius 2 is 1.05 bits per heavy atom. The van der Waals surface area contributed by atoms with Crippen LogP contribution in [0.2, 0.25) is 0 Å². The van der Waals surface area contributed by atoms with Crippen LogP contribution in [0.3, 0.4) is 0 Å². The summed E-state index contributed by atoms with van der Waals surface area (Å²) in [5.41, 5.74) is 0. The van der Waals surface area contributed by atoms with Crippen LogP contribution in [0.4, 0.5) is 4.39 Å². The van der Waals surface area contributed by atoms with Gasteiger partial charge < -0.3 is 10.6 Å². The first-order chi connectivity index (χ1) is 10.2. The summed E-state index contributed by atoms with van der Waals surface area (Å²) in [4.78, 5) is -3.68. The summed E-state index contributed by atoms with van der Waals surface area (Å²) in [7, 11) is -10.7. The van der Waals surface area contributed by atoms with Gasteiger partial charge in [0, 0.05) is 49.2 Å². The van der Waals surface area contributed by atoms with Gasteiger partial charge in [-0.2, -0.15) is 40.4 Å². The molecular formula is C9H21FN2O6S4. The van der Waals surface area contributed by atoms with Gasteiger partial charge in [0.2, 0.25) is 0 Å². The van der Waals surface area contributed by atoms with E-state index >= 15 is 0 Å². The number of hydrogen-bond donors (Lipinski definition) is 4. The normalized spacial score (nSPS) is 19.5. The zero-order chi connectivity index (χ0) is 17.1. The molecule has 0 unspecified atom stereocenters. The summed E-state index contributed by atoms with van der Waals surface area (Å²) in [5.74, 6) is 5.22. The maximum atomic E-state index is 11.7. The van der Waals surface area contributed by atoms with Gasteiger partial charge in [0.05, 0.1) is 0 Å². The van der Waals surface area contributed by atoms with E-state index in [-0.39, 0.29) is 0 Å². The summed E-state index contributed by atoms with van der Waals surface area (Å²) in [6.45, 7) is 4.85. The van der Waals surface area contributed by atoms with E-state index in [9.17, 15) is 21.2 Å². The minimum Gasteiger partial charge on any atom is -0.315 e. The molecule has 0 saturated carbocycles. The van der Waals surface area contributed by atoms with Gasteiger partial charge >= 0.3 is 25.1 Å². The summed E-state index contributed by atoms with van der Waals surface area (Å²) in [5, 5.41) is 6.53. The second-order valence-corrected chi connectivity index (χ2v) is 9.66. The molecule has 2 aliphatic heterocycles. The van der Waals surface area contributed by atoms with Gasteiger partial charge in [-0.15, -0.1) is 0 Å². The van der Waals surface area contributed by atoms with Crippen LogP contribution < -0.4 is 10.6 Å². The summed E-state index contributed by atoms with van der Waals surface area (Å²) in [6, 6.07) is 0. The predicted molar refractivity (Wildman–Crippen MR) is 88.4 cm³/mol. The summed E-state index contributed by atoms with van der Waals surface area (Å²) >= 11 is 4.06. The Morgan fingerprint density at radius 1 is 0.773 bits per heavy atom. The van der Waals surface area contributed by atoms with E-state index in [4.69, 9.17) is 9.11 Å². The second kappa shape index (κ2) is 11.8. The first kappa shape index (κ1) is 22.4. The van der Waals surface area contributed by atoms with Crippen molar-refractivity contribution in [2.75, 3.05) is 49.2 Å². The Balaban J connectivity index is 0.000000315. The highest BCUT2D eigenvalue weighted by molar-refractivity contribution is 8.03. The topological polar surface area (TPSA) is 133 Å². The number of thioether (sulfide) groups is 2. The Hall–Kier alpha value is 0.370. The molecule has 0 aromatic heterocycles. The predicted octanol–water partition coefficient (Wildman–Crippen LogP) is -0.339. The van der Waals surface area contributed by atoms with E-state index in [0.717, 1.165) is 0 Å². The second-order valence-electron chi connectivity index (χ2n) is 4.03. The standard InChI is InChI=1S/2C4H9NS.CH3FO6S2/c2*1-3-6-4-2-5-1;2-1(9(3,4)5)10(6,7)8/h2*5H,1-4H2;1H,(H,3,4,5)(H,6,7,8). The molecule has 2 aliphatic rings. The molecule has 4 N–H and O–H groups in total. The van der Waals surface area contributed by atoms with Crippen LogP contribution >= 0.6 is 23.5 Å². The average molecular weight is 401 g/mol. The molecule has 2 fully saturated rings. The minimum atomic E-state index is -5.37.